The highest BCUT2D eigenvalue weighted by Gasteiger charge is 2.51. The van der Waals surface area contributed by atoms with E-state index < -0.39 is 0 Å². The van der Waals surface area contributed by atoms with Gasteiger partial charge in [-0.15, -0.1) is 0 Å². The lowest BCUT2D eigenvalue weighted by Gasteiger charge is -2.03. The van der Waals surface area contributed by atoms with Crippen LogP contribution in [0.15, 0.2) is 12.2 Å². The zero-order valence-electron chi connectivity index (χ0n) is 5.05. The van der Waals surface area contributed by atoms with Crippen molar-refractivity contribution in [1.29, 1.82) is 0 Å². The molecule has 1 aliphatic carbocycles. The predicted molar refractivity (Wildman–Crippen MR) is 31.7 cm³/mol. The van der Waals surface area contributed by atoms with Crippen molar-refractivity contribution in [2.24, 2.45) is 0 Å². The van der Waals surface area contributed by atoms with E-state index in [1.54, 1.807) is 0 Å². The lowest BCUT2D eigenvalue weighted by molar-refractivity contribution is 0.314. The van der Waals surface area contributed by atoms with Gasteiger partial charge in [-0.25, -0.2) is 0 Å². The van der Waals surface area contributed by atoms with Gasteiger partial charge in [0, 0.05) is 0 Å². The average Bonchev–Trinajstić information content (AvgIpc) is 2.39. The molecule has 2 atom stereocenters. The zero-order chi connectivity index (χ0) is 5.61. The number of hydrogen-bond acceptors (Lipinski definition) is 1. The van der Waals surface area contributed by atoms with E-state index in [2.05, 4.69) is 19.1 Å². The highest BCUT2D eigenvalue weighted by Crippen LogP contribution is 2.44. The molecule has 1 saturated heterocycles. The highest BCUT2D eigenvalue weighted by molar-refractivity contribution is 5.11. The van der Waals surface area contributed by atoms with Gasteiger partial charge >= 0.3 is 0 Å². The Kier molecular flexibility index (Phi) is 0.662. The average molecular weight is 110 g/mol. The molecule has 0 saturated carbocycles. The zero-order valence-corrected chi connectivity index (χ0v) is 5.05. The van der Waals surface area contributed by atoms with Crippen molar-refractivity contribution in [2.75, 3.05) is 0 Å². The first-order valence-electron chi connectivity index (χ1n) is 3.14. The minimum Gasteiger partial charge on any atom is -0.366 e. The molecule has 1 nitrogen and oxygen atoms in total. The third kappa shape index (κ3) is 0.451. The largest absolute Gasteiger partial charge is 0.366 e. The van der Waals surface area contributed by atoms with Crippen LogP contribution in [0.25, 0.3) is 0 Å². The molecule has 0 N–H and O–H groups in total. The topological polar surface area (TPSA) is 12.5 Å². The molecule has 44 valence electrons. The molecule has 1 aliphatic heterocycles. The van der Waals surface area contributed by atoms with Crippen LogP contribution >= 0.6 is 0 Å². The van der Waals surface area contributed by atoms with Gasteiger partial charge in [-0.2, -0.15) is 0 Å². The Labute approximate surface area is 49.3 Å². The van der Waals surface area contributed by atoms with Crippen LogP contribution in [0.2, 0.25) is 0 Å². The van der Waals surface area contributed by atoms with Crippen LogP contribution in [0.4, 0.5) is 0 Å². The first-order chi connectivity index (χ1) is 3.81. The maximum absolute atomic E-state index is 5.40. The number of rotatable bonds is 0. The van der Waals surface area contributed by atoms with Crippen LogP contribution in [0.3, 0.4) is 0 Å². The van der Waals surface area contributed by atoms with Gasteiger partial charge in [0.25, 0.3) is 0 Å². The van der Waals surface area contributed by atoms with Crippen molar-refractivity contribution in [1.82, 2.24) is 0 Å². The lowest BCUT2D eigenvalue weighted by atomic mass is 9.97. The van der Waals surface area contributed by atoms with Crippen LogP contribution in [-0.2, 0) is 4.74 Å². The Morgan fingerprint density at radius 1 is 1.62 bits per heavy atom. The first-order valence-corrected chi connectivity index (χ1v) is 3.14. The molecular formula is C7H10O. The van der Waals surface area contributed by atoms with Crippen molar-refractivity contribution in [3.8, 4) is 0 Å². The van der Waals surface area contributed by atoms with Gasteiger partial charge in [0.1, 0.15) is 0 Å². The van der Waals surface area contributed by atoms with Gasteiger partial charge in [-0.05, 0) is 19.8 Å². The summed E-state index contributed by atoms with van der Waals surface area (Å²) in [6.07, 6.45) is 7.24. The number of ether oxygens (including phenoxy) is 1. The number of fused-ring (bicyclic) bond motifs is 1. The molecule has 0 aromatic rings. The molecular weight excluding hydrogens is 100 g/mol. The van der Waals surface area contributed by atoms with Gasteiger partial charge in [0.05, 0.1) is 11.7 Å². The molecule has 2 rings (SSSR count). The Bertz CT molecular complexity index is 139. The van der Waals surface area contributed by atoms with Gasteiger partial charge < -0.3 is 4.74 Å². The predicted octanol–water partition coefficient (Wildman–Crippen LogP) is 1.49. The minimum atomic E-state index is 0.259. The molecule has 1 heteroatoms. The van der Waals surface area contributed by atoms with E-state index in [1.807, 2.05) is 0 Å². The van der Waals surface area contributed by atoms with Crippen LogP contribution in [0.5, 0.6) is 0 Å². The molecule has 0 radical (unpaired) electrons. The number of epoxide rings is 1. The molecule has 1 fully saturated rings. The van der Waals surface area contributed by atoms with Crippen molar-refractivity contribution in [3.63, 3.8) is 0 Å². The molecule has 0 aromatic heterocycles. The summed E-state index contributed by atoms with van der Waals surface area (Å²) < 4.78 is 5.40. The maximum atomic E-state index is 5.40. The molecule has 8 heavy (non-hydrogen) atoms. The second kappa shape index (κ2) is 1.16. The SMILES string of the molecule is C[C@@]12CC=CC[C@H]1O2. The Morgan fingerprint density at radius 2 is 2.50 bits per heavy atom. The van der Waals surface area contributed by atoms with Crippen molar-refractivity contribution >= 4 is 0 Å². The van der Waals surface area contributed by atoms with E-state index in [0.29, 0.717) is 6.10 Å². The third-order valence-corrected chi connectivity index (χ3v) is 2.08. The Hall–Kier alpha value is -0.300. The van der Waals surface area contributed by atoms with E-state index >= 15 is 0 Å². The van der Waals surface area contributed by atoms with Gasteiger partial charge in [-0.3, -0.25) is 0 Å². The molecule has 0 unspecified atom stereocenters. The van der Waals surface area contributed by atoms with Gasteiger partial charge in [-0.1, -0.05) is 12.2 Å². The fraction of sp³-hybridized carbons (Fsp3) is 0.714. The van der Waals surface area contributed by atoms with E-state index in [1.165, 1.54) is 0 Å². The van der Waals surface area contributed by atoms with E-state index in [4.69, 9.17) is 4.74 Å². The van der Waals surface area contributed by atoms with Crippen LogP contribution < -0.4 is 0 Å². The maximum Gasteiger partial charge on any atom is 0.0957 e. The molecule has 2 aliphatic rings. The van der Waals surface area contributed by atoms with E-state index in [-0.39, 0.29) is 5.60 Å². The van der Waals surface area contributed by atoms with Crippen LogP contribution in [-0.4, -0.2) is 11.7 Å². The van der Waals surface area contributed by atoms with Gasteiger partial charge in [0.15, 0.2) is 0 Å². The molecule has 0 bridgehead atoms. The smallest absolute Gasteiger partial charge is 0.0957 e. The van der Waals surface area contributed by atoms with Crippen molar-refractivity contribution in [3.05, 3.63) is 12.2 Å². The summed E-state index contributed by atoms with van der Waals surface area (Å²) in [6, 6.07) is 0. The minimum absolute atomic E-state index is 0.259. The molecule has 1 heterocycles. The summed E-state index contributed by atoms with van der Waals surface area (Å²) >= 11 is 0. The quantitative estimate of drug-likeness (QED) is 0.340. The van der Waals surface area contributed by atoms with E-state index in [9.17, 15) is 0 Å². The second-order valence-corrected chi connectivity index (χ2v) is 2.83. The Morgan fingerprint density at radius 3 is 3.00 bits per heavy atom. The molecule has 0 amide bonds. The summed E-state index contributed by atoms with van der Waals surface area (Å²) in [5.41, 5.74) is 0.259. The summed E-state index contributed by atoms with van der Waals surface area (Å²) in [7, 11) is 0. The summed E-state index contributed by atoms with van der Waals surface area (Å²) in [5, 5.41) is 0. The van der Waals surface area contributed by atoms with Crippen molar-refractivity contribution in [2.45, 2.75) is 31.5 Å². The second-order valence-electron chi connectivity index (χ2n) is 2.83. The number of hydrogen-bond donors (Lipinski definition) is 0. The Balaban J connectivity index is 2.17. The standard InChI is InChI=1S/C7H10O/c1-7-5-3-2-4-6(7)8-7/h2-3,6H,4-5H2,1H3/t6-,7-/m1/s1. The normalized spacial score (nSPS) is 50.9. The summed E-state index contributed by atoms with van der Waals surface area (Å²) in [6.45, 7) is 2.18. The summed E-state index contributed by atoms with van der Waals surface area (Å²) in [4.78, 5) is 0. The monoisotopic (exact) mass is 110 g/mol. The van der Waals surface area contributed by atoms with E-state index in [0.717, 1.165) is 12.8 Å². The van der Waals surface area contributed by atoms with Crippen LogP contribution in [0, 0.1) is 0 Å². The van der Waals surface area contributed by atoms with Gasteiger partial charge in [0.2, 0.25) is 0 Å². The van der Waals surface area contributed by atoms with Crippen molar-refractivity contribution < 1.29 is 4.74 Å². The first kappa shape index (κ1) is 4.57. The molecule has 0 aromatic carbocycles. The molecule has 0 spiro atoms. The third-order valence-electron chi connectivity index (χ3n) is 2.08. The fourth-order valence-corrected chi connectivity index (χ4v) is 1.31. The highest BCUT2D eigenvalue weighted by atomic mass is 16.6. The van der Waals surface area contributed by atoms with Crippen LogP contribution in [0.1, 0.15) is 19.8 Å². The lowest BCUT2D eigenvalue weighted by Crippen LogP contribution is -2.10. The fourth-order valence-electron chi connectivity index (χ4n) is 1.31. The summed E-state index contributed by atoms with van der Waals surface area (Å²) in [5.74, 6) is 0.